The lowest BCUT2D eigenvalue weighted by Crippen LogP contribution is -2.38. The second kappa shape index (κ2) is 8.87. The Hall–Kier alpha value is -3.05. The van der Waals surface area contributed by atoms with E-state index in [-0.39, 0.29) is 23.4 Å². The van der Waals surface area contributed by atoms with Crippen molar-refractivity contribution in [3.05, 3.63) is 65.5 Å². The Balaban J connectivity index is 2.82. The number of terminal acetylenes is 1. The van der Waals surface area contributed by atoms with Crippen molar-refractivity contribution in [1.82, 2.24) is 5.32 Å². The number of carbonyl (C=O) groups excluding carboxylic acids is 1. The summed E-state index contributed by atoms with van der Waals surface area (Å²) in [6.45, 7) is 3.21. The van der Waals surface area contributed by atoms with Crippen LogP contribution in [0.3, 0.4) is 0 Å². The molecule has 0 aliphatic heterocycles. The highest BCUT2D eigenvalue weighted by atomic mass is 19.4. The van der Waals surface area contributed by atoms with Gasteiger partial charge in [0.25, 0.3) is 0 Å². The fourth-order valence-electron chi connectivity index (χ4n) is 1.90. The molecule has 1 rings (SSSR count). The van der Waals surface area contributed by atoms with Crippen LogP contribution in [0.15, 0.2) is 48.6 Å². The number of allylic oxidation sites excluding steroid dienone is 2. The lowest BCUT2D eigenvalue weighted by molar-refractivity contribution is -0.138. The minimum Gasteiger partial charge on any atom is -0.395 e. The van der Waals surface area contributed by atoms with Gasteiger partial charge in [-0.2, -0.15) is 13.2 Å². The molecule has 0 saturated heterocycles. The maximum atomic E-state index is 13.6. The first-order valence-electron chi connectivity index (χ1n) is 7.25. The fraction of sp³-hybridized carbons (Fsp3) is 0.167. The predicted molar refractivity (Wildman–Crippen MR) is 92.0 cm³/mol. The summed E-state index contributed by atoms with van der Waals surface area (Å²) >= 11 is 0. The normalized spacial score (nSPS) is 13.3. The summed E-state index contributed by atoms with van der Waals surface area (Å²) in [5.74, 6) is 0.787. The minimum absolute atomic E-state index is 0.0963. The Morgan fingerprint density at radius 1 is 1.38 bits per heavy atom. The van der Waals surface area contributed by atoms with Crippen molar-refractivity contribution in [2.24, 2.45) is 5.73 Å². The average Bonchev–Trinajstić information content (AvgIpc) is 2.57. The van der Waals surface area contributed by atoms with Crippen molar-refractivity contribution in [2.45, 2.75) is 18.8 Å². The number of hydrogen-bond acceptors (Lipinski definition) is 3. The molecule has 0 saturated carbocycles. The van der Waals surface area contributed by atoms with Crippen LogP contribution in [0, 0.1) is 18.2 Å². The van der Waals surface area contributed by atoms with Crippen LogP contribution >= 0.6 is 0 Å². The summed E-state index contributed by atoms with van der Waals surface area (Å²) in [6.07, 6.45) is 4.54. The first-order chi connectivity index (χ1) is 12.1. The smallest absolute Gasteiger partial charge is 0.395 e. The molecular formula is C18H17F4N3O. The summed E-state index contributed by atoms with van der Waals surface area (Å²) < 4.78 is 51.6. The molecule has 26 heavy (non-hydrogen) atoms. The summed E-state index contributed by atoms with van der Waals surface area (Å²) in [7, 11) is 0. The highest BCUT2D eigenvalue weighted by Gasteiger charge is 2.38. The van der Waals surface area contributed by atoms with Crippen LogP contribution < -0.4 is 16.8 Å². The topological polar surface area (TPSA) is 81.1 Å². The molecule has 0 aliphatic rings. The molecule has 0 aliphatic carbocycles. The number of benzene rings is 1. The molecule has 5 N–H and O–H groups in total. The summed E-state index contributed by atoms with van der Waals surface area (Å²) in [4.78, 5) is 11.8. The lowest BCUT2D eigenvalue weighted by atomic mass is 10.1. The zero-order valence-electron chi connectivity index (χ0n) is 13.6. The number of nitrogen functional groups attached to an aromatic ring is 1. The first kappa shape index (κ1) is 21.0. The number of hydrogen-bond donors (Lipinski definition) is 3. The average molecular weight is 367 g/mol. The Morgan fingerprint density at radius 2 is 2.04 bits per heavy atom. The molecule has 0 heterocycles. The maximum absolute atomic E-state index is 13.6. The second-order valence-corrected chi connectivity index (χ2v) is 5.16. The summed E-state index contributed by atoms with van der Waals surface area (Å²) in [6, 6.07) is 0.266. The van der Waals surface area contributed by atoms with Gasteiger partial charge in [0.1, 0.15) is 11.9 Å². The summed E-state index contributed by atoms with van der Waals surface area (Å²) in [5.41, 5.74) is 10.5. The third kappa shape index (κ3) is 5.79. The van der Waals surface area contributed by atoms with E-state index in [0.717, 1.165) is 30.4 Å². The van der Waals surface area contributed by atoms with Gasteiger partial charge in [-0.05, 0) is 23.3 Å². The molecule has 0 fully saturated rings. The van der Waals surface area contributed by atoms with Gasteiger partial charge in [-0.1, -0.05) is 30.7 Å². The van der Waals surface area contributed by atoms with Gasteiger partial charge in [0.2, 0.25) is 5.91 Å². The van der Waals surface area contributed by atoms with Crippen molar-refractivity contribution < 1.29 is 22.4 Å². The number of alkyl halides is 3. The molecule has 0 bridgehead atoms. The number of halogens is 4. The highest BCUT2D eigenvalue weighted by molar-refractivity contribution is 5.88. The van der Waals surface area contributed by atoms with Crippen LogP contribution in [0.2, 0.25) is 0 Å². The van der Waals surface area contributed by atoms with E-state index in [9.17, 15) is 22.4 Å². The Kier molecular flexibility index (Phi) is 7.16. The van der Waals surface area contributed by atoms with Crippen molar-refractivity contribution in [3.63, 3.8) is 0 Å². The molecule has 1 amide bonds. The van der Waals surface area contributed by atoms with Crippen molar-refractivity contribution in [2.75, 3.05) is 5.73 Å². The molecule has 1 aromatic rings. The highest BCUT2D eigenvalue weighted by Crippen LogP contribution is 2.24. The molecule has 1 unspecified atom stereocenters. The third-order valence-electron chi connectivity index (χ3n) is 3.26. The van der Waals surface area contributed by atoms with E-state index in [0.29, 0.717) is 5.56 Å². The van der Waals surface area contributed by atoms with Gasteiger partial charge in [0.15, 0.2) is 0 Å². The van der Waals surface area contributed by atoms with Crippen LogP contribution in [-0.4, -0.2) is 18.1 Å². The first-order valence-corrected chi connectivity index (χ1v) is 7.25. The molecule has 1 aromatic carbocycles. The van der Waals surface area contributed by atoms with E-state index < -0.39 is 23.9 Å². The van der Waals surface area contributed by atoms with E-state index in [2.05, 4.69) is 17.8 Å². The van der Waals surface area contributed by atoms with Crippen LogP contribution in [0.5, 0.6) is 0 Å². The number of carbonyl (C=O) groups is 1. The van der Waals surface area contributed by atoms with Crippen molar-refractivity contribution in [3.8, 4) is 12.3 Å². The summed E-state index contributed by atoms with van der Waals surface area (Å²) in [5, 5.41) is 2.40. The number of anilines is 1. The Labute approximate surface area is 148 Å². The van der Waals surface area contributed by atoms with E-state index in [1.54, 1.807) is 0 Å². The number of rotatable bonds is 6. The van der Waals surface area contributed by atoms with E-state index in [1.165, 1.54) is 6.07 Å². The van der Waals surface area contributed by atoms with Gasteiger partial charge in [-0.25, -0.2) is 4.39 Å². The van der Waals surface area contributed by atoms with Gasteiger partial charge < -0.3 is 16.8 Å². The molecule has 0 aromatic heterocycles. The molecule has 138 valence electrons. The maximum Gasteiger partial charge on any atom is 0.407 e. The van der Waals surface area contributed by atoms with Crippen molar-refractivity contribution >= 4 is 11.6 Å². The zero-order chi connectivity index (χ0) is 19.9. The quantitative estimate of drug-likeness (QED) is 0.238. The third-order valence-corrected chi connectivity index (χ3v) is 3.26. The fourth-order valence-corrected chi connectivity index (χ4v) is 1.90. The van der Waals surface area contributed by atoms with Crippen LogP contribution in [0.4, 0.5) is 23.2 Å². The zero-order valence-corrected chi connectivity index (χ0v) is 13.6. The van der Waals surface area contributed by atoms with Gasteiger partial charge >= 0.3 is 6.18 Å². The standard InChI is InChI=1S/C18H17F4N3O/c1-3-5-13(17(24)18(20,21)22)6-7-15(26)25-10-11-8-12(4-2)16(23)14(19)9-11/h2-3,5-9,17H,1,10,23-24H2,(H,25,26)/b7-6+,13-5-. The lowest BCUT2D eigenvalue weighted by Gasteiger charge is -2.16. The van der Waals surface area contributed by atoms with Gasteiger partial charge in [-0.15, -0.1) is 6.42 Å². The molecule has 1 atom stereocenters. The Bertz CT molecular complexity index is 789. The second-order valence-electron chi connectivity index (χ2n) is 5.16. The Morgan fingerprint density at radius 3 is 2.58 bits per heavy atom. The van der Waals surface area contributed by atoms with E-state index in [1.807, 2.05) is 0 Å². The largest absolute Gasteiger partial charge is 0.407 e. The molecule has 4 nitrogen and oxygen atoms in total. The number of nitrogens with two attached hydrogens (primary N) is 2. The predicted octanol–water partition coefficient (Wildman–Crippen LogP) is 2.56. The van der Waals surface area contributed by atoms with Gasteiger partial charge in [-0.3, -0.25) is 4.79 Å². The van der Waals surface area contributed by atoms with Crippen molar-refractivity contribution in [1.29, 1.82) is 0 Å². The molecular weight excluding hydrogens is 350 g/mol. The van der Waals surface area contributed by atoms with Gasteiger partial charge in [0.05, 0.1) is 11.3 Å². The number of amides is 1. The molecule has 0 spiro atoms. The van der Waals surface area contributed by atoms with E-state index in [4.69, 9.17) is 17.9 Å². The van der Waals surface area contributed by atoms with Crippen LogP contribution in [0.25, 0.3) is 0 Å². The number of nitrogens with one attached hydrogen (secondary N) is 1. The molecule has 8 heteroatoms. The molecule has 0 radical (unpaired) electrons. The monoisotopic (exact) mass is 367 g/mol. The minimum atomic E-state index is -4.66. The van der Waals surface area contributed by atoms with Crippen LogP contribution in [0.1, 0.15) is 11.1 Å². The van der Waals surface area contributed by atoms with E-state index >= 15 is 0 Å². The van der Waals surface area contributed by atoms with Crippen LogP contribution in [-0.2, 0) is 11.3 Å². The van der Waals surface area contributed by atoms with Gasteiger partial charge in [0, 0.05) is 12.6 Å². The SMILES string of the molecule is C#Cc1cc(CNC(=O)/C=C/C(=C/C=C)C(N)C(F)(F)F)cc(F)c1N.